The number of rotatable bonds is 7. The molecule has 2 rings (SSSR count). The summed E-state index contributed by atoms with van der Waals surface area (Å²) in [6.07, 6.45) is 1.03. The van der Waals surface area contributed by atoms with Crippen LogP contribution in [0.3, 0.4) is 0 Å². The number of benzene rings is 1. The third-order valence-corrected chi connectivity index (χ3v) is 5.09. The van der Waals surface area contributed by atoms with Crippen LogP contribution in [0.5, 0.6) is 0 Å². The number of carbonyl (C=O) groups excluding carboxylic acids is 2. The van der Waals surface area contributed by atoms with Gasteiger partial charge >= 0.3 is 11.0 Å². The Labute approximate surface area is 159 Å². The van der Waals surface area contributed by atoms with Gasteiger partial charge in [0.2, 0.25) is 0 Å². The van der Waals surface area contributed by atoms with Crippen molar-refractivity contribution in [1.82, 2.24) is 4.98 Å². The van der Waals surface area contributed by atoms with Crippen molar-refractivity contribution in [2.75, 3.05) is 17.7 Å². The number of hydrogen-bond donors (Lipinski definition) is 1. The number of ether oxygens (including phenoxy) is 1. The van der Waals surface area contributed by atoms with Crippen molar-refractivity contribution in [3.63, 3.8) is 0 Å². The minimum absolute atomic E-state index is 0.0489. The van der Waals surface area contributed by atoms with Crippen LogP contribution in [0.1, 0.15) is 0 Å². The number of amides is 1. The van der Waals surface area contributed by atoms with Crippen molar-refractivity contribution >= 4 is 68.3 Å². The second kappa shape index (κ2) is 8.99. The third-order valence-electron chi connectivity index (χ3n) is 2.52. The number of nitrogens with one attached hydrogen (secondary N) is 1. The summed E-state index contributed by atoms with van der Waals surface area (Å²) in [6.45, 7) is -0.532. The van der Waals surface area contributed by atoms with E-state index in [0.717, 1.165) is 18.0 Å². The molecule has 1 N–H and O–H groups in total. The van der Waals surface area contributed by atoms with Crippen LogP contribution in [-0.2, 0) is 14.3 Å². The molecule has 0 aliphatic carbocycles. The predicted octanol–water partition coefficient (Wildman–Crippen LogP) is 3.63. The lowest BCUT2D eigenvalue weighted by Crippen LogP contribution is -2.21. The normalized spacial score (nSPS) is 10.3. The van der Waals surface area contributed by atoms with Crippen LogP contribution in [0.15, 0.2) is 29.3 Å². The number of thiazole rings is 1. The molecule has 0 aliphatic heterocycles. The first-order valence-electron chi connectivity index (χ1n) is 6.48. The van der Waals surface area contributed by atoms with Gasteiger partial charge in [-0.25, -0.2) is 4.98 Å². The molecule has 1 aromatic carbocycles. The number of carbonyl (C=O) groups is 2. The molecule has 0 bridgehead atoms. The van der Waals surface area contributed by atoms with Crippen LogP contribution >= 0.6 is 46.3 Å². The summed E-state index contributed by atoms with van der Waals surface area (Å²) in [7, 11) is 0. The van der Waals surface area contributed by atoms with Gasteiger partial charge in [0.15, 0.2) is 11.7 Å². The van der Waals surface area contributed by atoms with Crippen molar-refractivity contribution in [3.05, 3.63) is 44.6 Å². The largest absolute Gasteiger partial charge is 0.455 e. The van der Waals surface area contributed by atoms with Gasteiger partial charge in [0.05, 0.1) is 15.7 Å². The molecular weight excluding hydrogens is 413 g/mol. The van der Waals surface area contributed by atoms with E-state index in [1.54, 1.807) is 18.2 Å². The monoisotopic (exact) mass is 421 g/mol. The molecule has 0 atom stereocenters. The van der Waals surface area contributed by atoms with Gasteiger partial charge in [0, 0.05) is 9.92 Å². The lowest BCUT2D eigenvalue weighted by molar-refractivity contribution is -0.380. The van der Waals surface area contributed by atoms with E-state index < -0.39 is 23.4 Å². The Kier molecular flexibility index (Phi) is 7.00. The fourth-order valence-electron chi connectivity index (χ4n) is 1.48. The summed E-state index contributed by atoms with van der Waals surface area (Å²) in [4.78, 5) is 37.5. The average Bonchev–Trinajstić information content (AvgIpc) is 3.02. The number of esters is 1. The van der Waals surface area contributed by atoms with Gasteiger partial charge in [-0.05, 0) is 29.5 Å². The summed E-state index contributed by atoms with van der Waals surface area (Å²) in [5, 5.41) is 13.6. The molecule has 2 aromatic rings. The number of hydrogen-bond acceptors (Lipinski definition) is 8. The van der Waals surface area contributed by atoms with E-state index in [-0.39, 0.29) is 15.9 Å². The van der Waals surface area contributed by atoms with Crippen LogP contribution in [0.4, 0.5) is 10.1 Å². The number of aromatic nitrogens is 1. The number of nitro groups is 1. The maximum atomic E-state index is 11.7. The van der Waals surface area contributed by atoms with E-state index in [4.69, 9.17) is 27.9 Å². The quantitative estimate of drug-likeness (QED) is 0.314. The van der Waals surface area contributed by atoms with Crippen molar-refractivity contribution in [3.8, 4) is 0 Å². The molecular formula is C13H9Cl2N3O5S2. The molecule has 0 fully saturated rings. The Morgan fingerprint density at radius 3 is 2.84 bits per heavy atom. The van der Waals surface area contributed by atoms with Crippen LogP contribution < -0.4 is 5.32 Å². The van der Waals surface area contributed by atoms with Crippen LogP contribution in [0.25, 0.3) is 0 Å². The number of thioether (sulfide) groups is 1. The van der Waals surface area contributed by atoms with Gasteiger partial charge in [0.1, 0.15) is 6.20 Å². The summed E-state index contributed by atoms with van der Waals surface area (Å²) in [5.41, 5.74) is 0. The molecule has 12 heteroatoms. The molecule has 1 heterocycles. The highest BCUT2D eigenvalue weighted by atomic mass is 35.5. The van der Waals surface area contributed by atoms with Crippen LogP contribution in [-0.4, -0.2) is 34.1 Å². The summed E-state index contributed by atoms with van der Waals surface area (Å²) in [5.74, 6) is -1.33. The summed E-state index contributed by atoms with van der Waals surface area (Å²) >= 11 is 13.6. The molecule has 0 aliphatic rings. The van der Waals surface area contributed by atoms with E-state index in [2.05, 4.69) is 10.3 Å². The molecule has 132 valence electrons. The molecule has 0 unspecified atom stereocenters. The minimum atomic E-state index is -0.650. The number of halogens is 2. The lowest BCUT2D eigenvalue weighted by Gasteiger charge is -2.06. The zero-order chi connectivity index (χ0) is 18.4. The van der Waals surface area contributed by atoms with Gasteiger partial charge in [-0.1, -0.05) is 23.2 Å². The fraction of sp³-hybridized carbons (Fsp3) is 0.154. The van der Waals surface area contributed by atoms with Crippen LogP contribution in [0, 0.1) is 10.1 Å². The molecule has 25 heavy (non-hydrogen) atoms. The van der Waals surface area contributed by atoms with Gasteiger partial charge in [-0.15, -0.1) is 11.8 Å². The molecule has 0 saturated carbocycles. The van der Waals surface area contributed by atoms with Gasteiger partial charge in [-0.3, -0.25) is 25.0 Å². The average molecular weight is 422 g/mol. The van der Waals surface area contributed by atoms with Crippen LogP contribution in [0.2, 0.25) is 10.0 Å². The molecule has 1 amide bonds. The highest BCUT2D eigenvalue weighted by Crippen LogP contribution is 2.29. The number of nitrogens with zero attached hydrogens (tertiary/aromatic N) is 2. The first-order valence-corrected chi connectivity index (χ1v) is 9.04. The summed E-state index contributed by atoms with van der Waals surface area (Å²) < 4.78 is 4.82. The fourth-order valence-corrected chi connectivity index (χ4v) is 3.41. The maximum Gasteiger partial charge on any atom is 0.345 e. The predicted molar refractivity (Wildman–Crippen MR) is 95.5 cm³/mol. The Morgan fingerprint density at radius 1 is 1.40 bits per heavy atom. The Balaban J connectivity index is 1.76. The van der Waals surface area contributed by atoms with Crippen molar-refractivity contribution in [2.24, 2.45) is 0 Å². The highest BCUT2D eigenvalue weighted by Gasteiger charge is 2.15. The van der Waals surface area contributed by atoms with Gasteiger partial charge in [-0.2, -0.15) is 0 Å². The molecule has 0 saturated heterocycles. The second-order valence-corrected chi connectivity index (χ2v) is 7.20. The topological polar surface area (TPSA) is 111 Å². The van der Waals surface area contributed by atoms with E-state index in [1.807, 2.05) is 0 Å². The van der Waals surface area contributed by atoms with Crippen molar-refractivity contribution < 1.29 is 19.2 Å². The highest BCUT2D eigenvalue weighted by molar-refractivity contribution is 8.00. The number of anilines is 1. The Morgan fingerprint density at radius 2 is 2.16 bits per heavy atom. The Bertz CT molecular complexity index is 815. The van der Waals surface area contributed by atoms with Crippen molar-refractivity contribution in [2.45, 2.75) is 4.90 Å². The van der Waals surface area contributed by atoms with E-state index in [0.29, 0.717) is 26.3 Å². The molecule has 0 radical (unpaired) electrons. The second-order valence-electron chi connectivity index (χ2n) is 4.33. The van der Waals surface area contributed by atoms with E-state index >= 15 is 0 Å². The third kappa shape index (κ3) is 6.16. The van der Waals surface area contributed by atoms with Crippen molar-refractivity contribution in [1.29, 1.82) is 0 Å². The molecule has 0 spiro atoms. The summed E-state index contributed by atoms with van der Waals surface area (Å²) in [6, 6.07) is 4.85. The van der Waals surface area contributed by atoms with Gasteiger partial charge in [0.25, 0.3) is 5.91 Å². The van der Waals surface area contributed by atoms with E-state index in [1.165, 1.54) is 0 Å². The lowest BCUT2D eigenvalue weighted by atomic mass is 10.4. The molecule has 8 nitrogen and oxygen atoms in total. The maximum absolute atomic E-state index is 11.7. The molecule has 1 aromatic heterocycles. The van der Waals surface area contributed by atoms with Gasteiger partial charge < -0.3 is 4.74 Å². The zero-order valence-electron chi connectivity index (χ0n) is 12.2. The zero-order valence-corrected chi connectivity index (χ0v) is 15.4. The Hall–Kier alpha value is -1.88. The SMILES string of the molecule is O=C(COC(=O)CSc1cc(Cl)ccc1Cl)Nc1ncc([N+](=O)[O-])s1. The smallest absolute Gasteiger partial charge is 0.345 e. The van der Waals surface area contributed by atoms with E-state index in [9.17, 15) is 19.7 Å². The first-order chi connectivity index (χ1) is 11.8. The minimum Gasteiger partial charge on any atom is -0.455 e. The standard InChI is InChI=1S/C13H9Cl2N3O5S2/c14-7-1-2-8(15)9(3-7)24-6-12(20)23-5-10(19)17-13-16-4-11(25-13)18(21)22/h1-4H,5-6H2,(H,16,17,19). The first kappa shape index (κ1) is 19.4.